The molecule has 0 radical (unpaired) electrons. The number of hydrogen-bond acceptors (Lipinski definition) is 4. The minimum absolute atomic E-state index is 0.427. The molecule has 2 atom stereocenters. The maximum absolute atomic E-state index is 4.50. The minimum Gasteiger partial charge on any atom is -0.360 e. The van der Waals surface area contributed by atoms with Gasteiger partial charge in [-0.1, -0.05) is 40.0 Å². The highest BCUT2D eigenvalue weighted by molar-refractivity contribution is 7.09. The van der Waals surface area contributed by atoms with Crippen molar-refractivity contribution in [3.05, 3.63) is 5.82 Å². The van der Waals surface area contributed by atoms with E-state index in [0.717, 1.165) is 29.3 Å². The molecule has 0 aliphatic heterocycles. The summed E-state index contributed by atoms with van der Waals surface area (Å²) in [6.07, 6.45) is 6.95. The summed E-state index contributed by atoms with van der Waals surface area (Å²) in [6, 6.07) is 0. The third kappa shape index (κ3) is 3.94. The Morgan fingerprint density at radius 2 is 2.22 bits per heavy atom. The molecule has 1 aromatic heterocycles. The highest BCUT2D eigenvalue weighted by atomic mass is 32.1. The number of aromatic nitrogens is 2. The van der Waals surface area contributed by atoms with Crippen LogP contribution in [0.25, 0.3) is 0 Å². The summed E-state index contributed by atoms with van der Waals surface area (Å²) < 4.78 is 4.36. The predicted molar refractivity (Wildman–Crippen MR) is 78.2 cm³/mol. The molecule has 3 nitrogen and oxygen atoms in total. The summed E-state index contributed by atoms with van der Waals surface area (Å²) in [6.45, 7) is 7.70. The summed E-state index contributed by atoms with van der Waals surface area (Å²) in [5, 5.41) is 4.42. The van der Waals surface area contributed by atoms with Crippen LogP contribution in [-0.2, 0) is 0 Å². The fraction of sp³-hybridized carbons (Fsp3) is 0.857. The Morgan fingerprint density at radius 1 is 1.39 bits per heavy atom. The summed E-state index contributed by atoms with van der Waals surface area (Å²) in [5.74, 6) is 3.24. The smallest absolute Gasteiger partial charge is 0.202 e. The first kappa shape index (κ1) is 13.8. The van der Waals surface area contributed by atoms with Gasteiger partial charge in [-0.05, 0) is 24.7 Å². The molecular weight excluding hydrogens is 242 g/mol. The molecular formula is C14H25N3S. The van der Waals surface area contributed by atoms with Gasteiger partial charge in [0.1, 0.15) is 5.82 Å². The van der Waals surface area contributed by atoms with E-state index in [4.69, 9.17) is 0 Å². The Kier molecular flexibility index (Phi) is 4.98. The van der Waals surface area contributed by atoms with Crippen molar-refractivity contribution < 1.29 is 0 Å². The maximum Gasteiger partial charge on any atom is 0.202 e. The molecule has 0 amide bonds. The van der Waals surface area contributed by atoms with Crippen LogP contribution in [0.15, 0.2) is 0 Å². The van der Waals surface area contributed by atoms with Gasteiger partial charge in [0.05, 0.1) is 0 Å². The Bertz CT molecular complexity index is 362. The Hall–Kier alpha value is -0.640. The molecule has 1 aliphatic carbocycles. The van der Waals surface area contributed by atoms with Crippen molar-refractivity contribution >= 4 is 16.7 Å². The molecule has 1 heterocycles. The number of nitrogens with zero attached hydrogens (tertiary/aromatic N) is 2. The van der Waals surface area contributed by atoms with Crippen LogP contribution in [0.1, 0.15) is 64.6 Å². The molecule has 102 valence electrons. The molecule has 1 N–H and O–H groups in total. The first-order valence-corrected chi connectivity index (χ1v) is 8.00. The van der Waals surface area contributed by atoms with E-state index in [9.17, 15) is 0 Å². The second-order valence-electron chi connectivity index (χ2n) is 5.97. The van der Waals surface area contributed by atoms with Crippen molar-refractivity contribution in [3.63, 3.8) is 0 Å². The second kappa shape index (κ2) is 6.50. The first-order chi connectivity index (χ1) is 8.65. The van der Waals surface area contributed by atoms with Gasteiger partial charge in [-0.15, -0.1) is 0 Å². The third-order valence-electron chi connectivity index (χ3n) is 3.83. The van der Waals surface area contributed by atoms with Crippen LogP contribution in [0.5, 0.6) is 0 Å². The van der Waals surface area contributed by atoms with Crippen molar-refractivity contribution in [2.75, 3.05) is 11.9 Å². The van der Waals surface area contributed by atoms with Crippen molar-refractivity contribution in [2.45, 2.75) is 58.8 Å². The number of rotatable bonds is 5. The molecule has 2 rings (SSSR count). The van der Waals surface area contributed by atoms with E-state index in [-0.39, 0.29) is 0 Å². The van der Waals surface area contributed by atoms with E-state index >= 15 is 0 Å². The number of hydrogen-bond donors (Lipinski definition) is 1. The number of anilines is 1. The average molecular weight is 267 g/mol. The normalized spacial score (nSPS) is 24.4. The lowest BCUT2D eigenvalue weighted by molar-refractivity contribution is 0.274. The molecule has 1 fully saturated rings. The van der Waals surface area contributed by atoms with E-state index in [1.165, 1.54) is 43.6 Å². The van der Waals surface area contributed by atoms with Gasteiger partial charge in [0.2, 0.25) is 5.13 Å². The zero-order chi connectivity index (χ0) is 13.0. The molecule has 2 unspecified atom stereocenters. The highest BCUT2D eigenvalue weighted by Crippen LogP contribution is 2.30. The van der Waals surface area contributed by atoms with Crippen LogP contribution in [0, 0.1) is 11.8 Å². The minimum atomic E-state index is 0.427. The van der Waals surface area contributed by atoms with Crippen LogP contribution in [0.4, 0.5) is 5.13 Å². The standard InChI is InChI=1S/C14H25N3S/c1-10(2)13-16-14(18-17-13)15-8-7-12-6-4-5-11(3)9-12/h10-12H,4-9H2,1-3H3,(H,15,16,17). The summed E-state index contributed by atoms with van der Waals surface area (Å²) in [5.41, 5.74) is 0. The SMILES string of the molecule is CC1CCCC(CCNc2nc(C(C)C)ns2)C1. The lowest BCUT2D eigenvalue weighted by Crippen LogP contribution is -2.16. The molecule has 1 saturated carbocycles. The van der Waals surface area contributed by atoms with Crippen molar-refractivity contribution in [1.82, 2.24) is 9.36 Å². The van der Waals surface area contributed by atoms with Crippen molar-refractivity contribution in [1.29, 1.82) is 0 Å². The van der Waals surface area contributed by atoms with Gasteiger partial charge in [0, 0.05) is 24.0 Å². The lowest BCUT2D eigenvalue weighted by atomic mass is 9.81. The monoisotopic (exact) mass is 267 g/mol. The quantitative estimate of drug-likeness (QED) is 0.864. The van der Waals surface area contributed by atoms with Crippen LogP contribution in [0.3, 0.4) is 0 Å². The molecule has 4 heteroatoms. The Morgan fingerprint density at radius 3 is 2.89 bits per heavy atom. The fourth-order valence-electron chi connectivity index (χ4n) is 2.75. The Labute approximate surface area is 115 Å². The van der Waals surface area contributed by atoms with Gasteiger partial charge in [0.25, 0.3) is 0 Å². The van der Waals surface area contributed by atoms with Gasteiger partial charge >= 0.3 is 0 Å². The van der Waals surface area contributed by atoms with Gasteiger partial charge in [-0.2, -0.15) is 4.37 Å². The topological polar surface area (TPSA) is 37.8 Å². The van der Waals surface area contributed by atoms with Gasteiger partial charge in [-0.3, -0.25) is 0 Å². The molecule has 1 aromatic rings. The molecule has 0 bridgehead atoms. The first-order valence-electron chi connectivity index (χ1n) is 7.22. The largest absolute Gasteiger partial charge is 0.360 e. The predicted octanol–water partition coefficient (Wildman–Crippen LogP) is 4.29. The molecule has 18 heavy (non-hydrogen) atoms. The van der Waals surface area contributed by atoms with E-state index in [2.05, 4.69) is 35.4 Å². The number of nitrogens with one attached hydrogen (secondary N) is 1. The van der Waals surface area contributed by atoms with Crippen molar-refractivity contribution in [3.8, 4) is 0 Å². The Balaban J connectivity index is 1.71. The summed E-state index contributed by atoms with van der Waals surface area (Å²) >= 11 is 1.49. The van der Waals surface area contributed by atoms with Crippen LogP contribution in [0.2, 0.25) is 0 Å². The van der Waals surface area contributed by atoms with E-state index in [1.807, 2.05) is 0 Å². The van der Waals surface area contributed by atoms with Gasteiger partial charge < -0.3 is 5.32 Å². The van der Waals surface area contributed by atoms with Gasteiger partial charge in [-0.25, -0.2) is 4.98 Å². The summed E-state index contributed by atoms with van der Waals surface area (Å²) in [7, 11) is 0. The van der Waals surface area contributed by atoms with Crippen molar-refractivity contribution in [2.24, 2.45) is 11.8 Å². The second-order valence-corrected chi connectivity index (χ2v) is 6.72. The van der Waals surface area contributed by atoms with Crippen LogP contribution >= 0.6 is 11.5 Å². The zero-order valence-electron chi connectivity index (χ0n) is 11.8. The maximum atomic E-state index is 4.50. The molecule has 0 aromatic carbocycles. The molecule has 0 spiro atoms. The van der Waals surface area contributed by atoms with Gasteiger partial charge in [0.15, 0.2) is 0 Å². The third-order valence-corrected chi connectivity index (χ3v) is 4.52. The van der Waals surface area contributed by atoms with E-state index in [0.29, 0.717) is 5.92 Å². The molecule has 1 aliphatic rings. The van der Waals surface area contributed by atoms with E-state index in [1.54, 1.807) is 0 Å². The fourth-order valence-corrected chi connectivity index (χ4v) is 3.48. The van der Waals surface area contributed by atoms with E-state index < -0.39 is 0 Å². The lowest BCUT2D eigenvalue weighted by Gasteiger charge is -2.26. The zero-order valence-corrected chi connectivity index (χ0v) is 12.6. The highest BCUT2D eigenvalue weighted by Gasteiger charge is 2.18. The summed E-state index contributed by atoms with van der Waals surface area (Å²) in [4.78, 5) is 4.50. The van der Waals surface area contributed by atoms with Crippen LogP contribution < -0.4 is 5.32 Å². The molecule has 0 saturated heterocycles. The average Bonchev–Trinajstić information content (AvgIpc) is 2.78. The van der Waals surface area contributed by atoms with Crippen LogP contribution in [-0.4, -0.2) is 15.9 Å².